The van der Waals surface area contributed by atoms with E-state index in [2.05, 4.69) is 0 Å². The number of benzene rings is 1. The number of rotatable bonds is 5. The van der Waals surface area contributed by atoms with Crippen molar-refractivity contribution in [3.05, 3.63) is 23.8 Å². The average molecular weight is 262 g/mol. The summed E-state index contributed by atoms with van der Waals surface area (Å²) in [5.74, 6) is 0.193. The molecule has 1 aromatic carbocycles. The molecular weight excluding hydrogens is 244 g/mol. The summed E-state index contributed by atoms with van der Waals surface area (Å²) in [5.41, 5.74) is 6.54. The zero-order valence-corrected chi connectivity index (χ0v) is 11.2. The number of amides is 1. The Morgan fingerprint density at radius 2 is 2.11 bits per heavy atom. The van der Waals surface area contributed by atoms with Crippen LogP contribution >= 0.6 is 0 Å². The minimum absolute atomic E-state index is 0.0583. The van der Waals surface area contributed by atoms with Gasteiger partial charge >= 0.3 is 0 Å². The fourth-order valence-corrected chi connectivity index (χ4v) is 1.86. The summed E-state index contributed by atoms with van der Waals surface area (Å²) < 4.78 is 5.45. The molecule has 1 aromatic rings. The van der Waals surface area contributed by atoms with Crippen LogP contribution in [0.5, 0.6) is 5.75 Å². The van der Waals surface area contributed by atoms with Crippen molar-refractivity contribution in [1.29, 1.82) is 0 Å². The maximum Gasteiger partial charge on any atom is 0.260 e. The Hall–Kier alpha value is -2.04. The number of Topliss-reactive ketones (excluding diaryl/α,β-unsaturated/α-hetero) is 1. The van der Waals surface area contributed by atoms with Gasteiger partial charge in [0.2, 0.25) is 0 Å². The van der Waals surface area contributed by atoms with Gasteiger partial charge < -0.3 is 15.4 Å². The van der Waals surface area contributed by atoms with Crippen molar-refractivity contribution >= 4 is 17.4 Å². The molecule has 0 unspecified atom stereocenters. The molecule has 2 rings (SSSR count). The second kappa shape index (κ2) is 5.30. The first-order chi connectivity index (χ1) is 8.99. The molecule has 0 heterocycles. The van der Waals surface area contributed by atoms with Crippen LogP contribution in [0.15, 0.2) is 18.2 Å². The van der Waals surface area contributed by atoms with Crippen LogP contribution in [0.4, 0.5) is 5.69 Å². The van der Waals surface area contributed by atoms with E-state index < -0.39 is 0 Å². The second-order valence-corrected chi connectivity index (χ2v) is 4.84. The molecule has 5 nitrogen and oxygen atoms in total. The minimum atomic E-state index is -0.134. The van der Waals surface area contributed by atoms with Gasteiger partial charge in [-0.15, -0.1) is 0 Å². The molecule has 1 fully saturated rings. The quantitative estimate of drug-likeness (QED) is 0.644. The van der Waals surface area contributed by atoms with Crippen LogP contribution in [0.1, 0.15) is 30.1 Å². The van der Waals surface area contributed by atoms with Crippen LogP contribution in [-0.4, -0.2) is 36.3 Å². The molecule has 0 atom stereocenters. The summed E-state index contributed by atoms with van der Waals surface area (Å²) in [4.78, 5) is 25.0. The number of carbonyl (C=O) groups is 2. The maximum absolute atomic E-state index is 11.8. The third-order valence-electron chi connectivity index (χ3n) is 3.22. The molecule has 0 aliphatic heterocycles. The zero-order valence-electron chi connectivity index (χ0n) is 11.2. The highest BCUT2D eigenvalue weighted by molar-refractivity contribution is 5.97. The van der Waals surface area contributed by atoms with Crippen LogP contribution in [-0.2, 0) is 4.79 Å². The van der Waals surface area contributed by atoms with Crippen molar-refractivity contribution in [2.75, 3.05) is 19.4 Å². The van der Waals surface area contributed by atoms with Gasteiger partial charge in [-0.25, -0.2) is 0 Å². The van der Waals surface area contributed by atoms with E-state index in [0.29, 0.717) is 23.0 Å². The first kappa shape index (κ1) is 13.4. The van der Waals surface area contributed by atoms with Gasteiger partial charge in [0.25, 0.3) is 5.91 Å². The highest BCUT2D eigenvalue weighted by Crippen LogP contribution is 2.26. The predicted molar refractivity (Wildman–Crippen MR) is 72.1 cm³/mol. The maximum atomic E-state index is 11.8. The van der Waals surface area contributed by atoms with E-state index in [1.807, 2.05) is 0 Å². The van der Waals surface area contributed by atoms with Crippen molar-refractivity contribution in [3.63, 3.8) is 0 Å². The van der Waals surface area contributed by atoms with Crippen LogP contribution in [0.3, 0.4) is 0 Å². The van der Waals surface area contributed by atoms with Gasteiger partial charge in [0, 0.05) is 18.8 Å². The lowest BCUT2D eigenvalue weighted by atomic mass is 10.1. The normalized spacial score (nSPS) is 14.0. The van der Waals surface area contributed by atoms with Gasteiger partial charge in [-0.05, 0) is 38.0 Å². The number of ether oxygens (including phenoxy) is 1. The fourth-order valence-electron chi connectivity index (χ4n) is 1.86. The standard InChI is InChI=1S/C14H18N2O3/c1-9(17)12-7-10(15)3-6-13(12)19-8-14(18)16(2)11-4-5-11/h3,6-7,11H,4-5,8,15H2,1-2H3. The van der Waals surface area contributed by atoms with Crippen LogP contribution in [0, 0.1) is 0 Å². The summed E-state index contributed by atoms with van der Waals surface area (Å²) in [6.45, 7) is 1.39. The molecule has 2 N–H and O–H groups in total. The number of likely N-dealkylation sites (N-methyl/N-ethyl adjacent to an activating group) is 1. The molecule has 1 saturated carbocycles. The topological polar surface area (TPSA) is 72.6 Å². The Labute approximate surface area is 112 Å². The van der Waals surface area contributed by atoms with Crippen molar-refractivity contribution in [2.45, 2.75) is 25.8 Å². The zero-order chi connectivity index (χ0) is 14.0. The Bertz CT molecular complexity index is 509. The summed E-state index contributed by atoms with van der Waals surface area (Å²) in [5, 5.41) is 0. The lowest BCUT2D eigenvalue weighted by molar-refractivity contribution is -0.132. The molecule has 102 valence electrons. The summed E-state index contributed by atoms with van der Waals surface area (Å²) in [7, 11) is 1.78. The predicted octanol–water partition coefficient (Wildman–Crippen LogP) is 1.47. The molecule has 5 heteroatoms. The van der Waals surface area contributed by atoms with Gasteiger partial charge in [-0.1, -0.05) is 0 Å². The Morgan fingerprint density at radius 3 is 2.68 bits per heavy atom. The van der Waals surface area contributed by atoms with E-state index in [1.165, 1.54) is 6.92 Å². The monoisotopic (exact) mass is 262 g/mol. The number of anilines is 1. The highest BCUT2D eigenvalue weighted by Gasteiger charge is 2.29. The summed E-state index contributed by atoms with van der Waals surface area (Å²) >= 11 is 0. The molecule has 1 aliphatic rings. The molecule has 1 amide bonds. The van der Waals surface area contributed by atoms with E-state index in [9.17, 15) is 9.59 Å². The van der Waals surface area contributed by atoms with E-state index in [-0.39, 0.29) is 18.3 Å². The number of nitrogens with zero attached hydrogens (tertiary/aromatic N) is 1. The molecule has 0 aromatic heterocycles. The molecule has 0 spiro atoms. The van der Waals surface area contributed by atoms with E-state index in [0.717, 1.165) is 12.8 Å². The Kier molecular flexibility index (Phi) is 3.74. The SMILES string of the molecule is CC(=O)c1cc(N)ccc1OCC(=O)N(C)C1CC1. The molecule has 0 saturated heterocycles. The average Bonchev–Trinajstić information content (AvgIpc) is 3.20. The Morgan fingerprint density at radius 1 is 1.42 bits per heavy atom. The number of carbonyl (C=O) groups excluding carboxylic acids is 2. The first-order valence-electron chi connectivity index (χ1n) is 6.28. The van der Waals surface area contributed by atoms with Gasteiger partial charge in [-0.3, -0.25) is 9.59 Å². The third-order valence-corrected chi connectivity index (χ3v) is 3.22. The summed E-state index contributed by atoms with van der Waals surface area (Å²) in [6, 6.07) is 5.19. The van der Waals surface area contributed by atoms with Crippen molar-refractivity contribution in [3.8, 4) is 5.75 Å². The van der Waals surface area contributed by atoms with Crippen LogP contribution in [0.2, 0.25) is 0 Å². The summed E-state index contributed by atoms with van der Waals surface area (Å²) in [6.07, 6.45) is 2.12. The highest BCUT2D eigenvalue weighted by atomic mass is 16.5. The van der Waals surface area contributed by atoms with E-state index in [1.54, 1.807) is 30.1 Å². The van der Waals surface area contributed by atoms with Crippen LogP contribution < -0.4 is 10.5 Å². The largest absolute Gasteiger partial charge is 0.483 e. The van der Waals surface area contributed by atoms with E-state index >= 15 is 0 Å². The van der Waals surface area contributed by atoms with Gasteiger partial charge in [0.05, 0.1) is 5.56 Å². The van der Waals surface area contributed by atoms with Gasteiger partial charge in [-0.2, -0.15) is 0 Å². The van der Waals surface area contributed by atoms with Crippen molar-refractivity contribution in [2.24, 2.45) is 0 Å². The number of ketones is 1. The first-order valence-corrected chi connectivity index (χ1v) is 6.28. The number of nitrogens with two attached hydrogens (primary N) is 1. The minimum Gasteiger partial charge on any atom is -0.483 e. The Balaban J connectivity index is 2.02. The van der Waals surface area contributed by atoms with Crippen molar-refractivity contribution < 1.29 is 14.3 Å². The van der Waals surface area contributed by atoms with E-state index in [4.69, 9.17) is 10.5 Å². The number of nitrogen functional groups attached to an aromatic ring is 1. The molecular formula is C14H18N2O3. The molecule has 19 heavy (non-hydrogen) atoms. The smallest absolute Gasteiger partial charge is 0.260 e. The lowest BCUT2D eigenvalue weighted by Gasteiger charge is -2.17. The van der Waals surface area contributed by atoms with Gasteiger partial charge in [0.15, 0.2) is 12.4 Å². The molecule has 0 radical (unpaired) electrons. The van der Waals surface area contributed by atoms with Gasteiger partial charge in [0.1, 0.15) is 5.75 Å². The lowest BCUT2D eigenvalue weighted by Crippen LogP contribution is -2.33. The second-order valence-electron chi connectivity index (χ2n) is 4.84. The number of hydrogen-bond acceptors (Lipinski definition) is 4. The fraction of sp³-hybridized carbons (Fsp3) is 0.429. The third kappa shape index (κ3) is 3.24. The molecule has 0 bridgehead atoms. The van der Waals surface area contributed by atoms with Crippen LogP contribution in [0.25, 0.3) is 0 Å². The molecule has 1 aliphatic carbocycles. The van der Waals surface area contributed by atoms with Crippen molar-refractivity contribution in [1.82, 2.24) is 4.90 Å². The number of hydrogen-bond donors (Lipinski definition) is 1.